The molecule has 1 unspecified atom stereocenters. The van der Waals surface area contributed by atoms with Gasteiger partial charge in [0.1, 0.15) is 0 Å². The summed E-state index contributed by atoms with van der Waals surface area (Å²) in [5.41, 5.74) is 3.88. The molecule has 3 N–H and O–H groups in total. The van der Waals surface area contributed by atoms with Crippen molar-refractivity contribution in [1.82, 2.24) is 36.2 Å². The lowest BCUT2D eigenvalue weighted by atomic mass is 9.98. The molecule has 0 aliphatic carbocycles. The van der Waals surface area contributed by atoms with E-state index in [0.29, 0.717) is 43.7 Å². The van der Waals surface area contributed by atoms with Gasteiger partial charge in [-0.05, 0) is 41.2 Å². The SMILES string of the molecule is CCNC(=O)N(CCNC(=O)C(CS)CC(C)C)Cc1ccc(-c2ccccc2-c2nn[nH]n2)cc1. The largest absolute Gasteiger partial charge is 0.354 e. The minimum atomic E-state index is -0.161. The first-order valence-electron chi connectivity index (χ1n) is 12.3. The number of carbonyl (C=O) groups is 2. The fourth-order valence-corrected chi connectivity index (χ4v) is 4.34. The van der Waals surface area contributed by atoms with Crippen LogP contribution in [0.4, 0.5) is 4.79 Å². The zero-order valence-corrected chi connectivity index (χ0v) is 22.0. The van der Waals surface area contributed by atoms with Crippen molar-refractivity contribution in [2.45, 2.75) is 33.7 Å². The summed E-state index contributed by atoms with van der Waals surface area (Å²) in [7, 11) is 0. The Labute approximate surface area is 217 Å². The van der Waals surface area contributed by atoms with Crippen molar-refractivity contribution in [3.8, 4) is 22.5 Å². The highest BCUT2D eigenvalue weighted by molar-refractivity contribution is 7.80. The summed E-state index contributed by atoms with van der Waals surface area (Å²) in [5, 5.41) is 20.2. The molecule has 0 aliphatic heterocycles. The molecule has 9 nitrogen and oxygen atoms in total. The van der Waals surface area contributed by atoms with Gasteiger partial charge in [-0.25, -0.2) is 4.79 Å². The summed E-state index contributed by atoms with van der Waals surface area (Å²) in [5.74, 6) is 1.31. The minimum absolute atomic E-state index is 0.0147. The number of aromatic amines is 1. The molecule has 3 amide bonds. The van der Waals surface area contributed by atoms with Crippen LogP contribution in [-0.2, 0) is 11.3 Å². The molecule has 0 aliphatic rings. The molecule has 0 saturated heterocycles. The molecule has 0 fully saturated rings. The number of nitrogens with one attached hydrogen (secondary N) is 3. The van der Waals surface area contributed by atoms with Crippen LogP contribution in [0.15, 0.2) is 48.5 Å². The number of thiol groups is 1. The number of tetrazole rings is 1. The van der Waals surface area contributed by atoms with Crippen LogP contribution in [0.5, 0.6) is 0 Å². The van der Waals surface area contributed by atoms with Crippen LogP contribution in [0.25, 0.3) is 22.5 Å². The average molecular weight is 510 g/mol. The quantitative estimate of drug-likeness (QED) is 0.277. The van der Waals surface area contributed by atoms with Crippen molar-refractivity contribution in [2.75, 3.05) is 25.4 Å². The molecule has 1 atom stereocenters. The number of amides is 3. The van der Waals surface area contributed by atoms with Crippen LogP contribution in [-0.4, -0.2) is 62.8 Å². The first-order chi connectivity index (χ1) is 17.4. The molecule has 10 heteroatoms. The standard InChI is InChI=1S/C26H35N7O2S/c1-4-27-26(35)33(14-13-28-25(34)21(17-36)15-18(2)3)16-19-9-11-20(12-10-19)22-7-5-6-8-23(22)24-29-31-32-30-24/h5-12,18,21,36H,4,13-17H2,1-3H3,(H,27,35)(H,28,34)(H,29,30,31,32). The van der Waals surface area contributed by atoms with Gasteiger partial charge in [0.05, 0.1) is 0 Å². The van der Waals surface area contributed by atoms with Gasteiger partial charge in [0, 0.05) is 43.4 Å². The van der Waals surface area contributed by atoms with E-state index in [4.69, 9.17) is 0 Å². The molecule has 0 spiro atoms. The van der Waals surface area contributed by atoms with Gasteiger partial charge in [-0.3, -0.25) is 4.79 Å². The third-order valence-electron chi connectivity index (χ3n) is 5.79. The number of nitrogens with zero attached hydrogens (tertiary/aromatic N) is 4. The summed E-state index contributed by atoms with van der Waals surface area (Å²) in [4.78, 5) is 26.9. The van der Waals surface area contributed by atoms with Crippen molar-refractivity contribution in [3.63, 3.8) is 0 Å². The van der Waals surface area contributed by atoms with Crippen LogP contribution in [0.3, 0.4) is 0 Å². The van der Waals surface area contributed by atoms with E-state index < -0.39 is 0 Å². The molecule has 36 heavy (non-hydrogen) atoms. The van der Waals surface area contributed by atoms with Gasteiger partial charge >= 0.3 is 6.03 Å². The summed E-state index contributed by atoms with van der Waals surface area (Å²) >= 11 is 4.33. The summed E-state index contributed by atoms with van der Waals surface area (Å²) < 4.78 is 0. The van der Waals surface area contributed by atoms with Gasteiger partial charge in [-0.15, -0.1) is 10.2 Å². The van der Waals surface area contributed by atoms with Gasteiger partial charge in [0.25, 0.3) is 0 Å². The van der Waals surface area contributed by atoms with Crippen LogP contribution in [0.1, 0.15) is 32.8 Å². The van der Waals surface area contributed by atoms with Crippen molar-refractivity contribution >= 4 is 24.6 Å². The number of aromatic nitrogens is 4. The van der Waals surface area contributed by atoms with E-state index in [1.54, 1.807) is 4.90 Å². The van der Waals surface area contributed by atoms with E-state index in [1.807, 2.05) is 55.5 Å². The summed E-state index contributed by atoms with van der Waals surface area (Å²) in [6.07, 6.45) is 0.789. The Balaban J connectivity index is 1.67. The predicted octanol–water partition coefficient (Wildman–Crippen LogP) is 3.77. The number of benzene rings is 2. The Morgan fingerprint density at radius 3 is 2.39 bits per heavy atom. The lowest BCUT2D eigenvalue weighted by Crippen LogP contribution is -2.44. The number of H-pyrrole nitrogens is 1. The highest BCUT2D eigenvalue weighted by Gasteiger charge is 2.19. The van der Waals surface area contributed by atoms with Crippen molar-refractivity contribution in [1.29, 1.82) is 0 Å². The average Bonchev–Trinajstić information content (AvgIpc) is 3.42. The van der Waals surface area contributed by atoms with Gasteiger partial charge in [0.2, 0.25) is 11.7 Å². The maximum Gasteiger partial charge on any atom is 0.317 e. The molecule has 3 aromatic rings. The Hall–Kier alpha value is -3.40. The number of carbonyl (C=O) groups excluding carboxylic acids is 2. The van der Waals surface area contributed by atoms with E-state index in [0.717, 1.165) is 28.7 Å². The minimum Gasteiger partial charge on any atom is -0.354 e. The van der Waals surface area contributed by atoms with E-state index in [-0.39, 0.29) is 17.9 Å². The highest BCUT2D eigenvalue weighted by atomic mass is 32.1. The maximum absolute atomic E-state index is 12.7. The van der Waals surface area contributed by atoms with Crippen LogP contribution < -0.4 is 10.6 Å². The lowest BCUT2D eigenvalue weighted by molar-refractivity contribution is -0.124. The maximum atomic E-state index is 12.7. The molecular formula is C26H35N7O2S. The first kappa shape index (κ1) is 27.2. The van der Waals surface area contributed by atoms with Crippen LogP contribution in [0, 0.1) is 11.8 Å². The zero-order chi connectivity index (χ0) is 25.9. The molecule has 2 aromatic carbocycles. The molecule has 0 bridgehead atoms. The number of hydrogen-bond acceptors (Lipinski definition) is 6. The second-order valence-corrected chi connectivity index (χ2v) is 9.40. The molecule has 0 saturated carbocycles. The van der Waals surface area contributed by atoms with Gasteiger partial charge in [-0.1, -0.05) is 62.4 Å². The van der Waals surface area contributed by atoms with Crippen molar-refractivity contribution in [2.24, 2.45) is 11.8 Å². The molecular weight excluding hydrogens is 474 g/mol. The second kappa shape index (κ2) is 13.6. The fraction of sp³-hybridized carbons (Fsp3) is 0.423. The molecule has 3 rings (SSSR count). The smallest absolute Gasteiger partial charge is 0.317 e. The Bertz CT molecular complexity index is 1100. The second-order valence-electron chi connectivity index (χ2n) is 9.04. The molecule has 192 valence electrons. The molecule has 0 radical (unpaired) electrons. The molecule has 1 aromatic heterocycles. The normalized spacial score (nSPS) is 11.8. The highest BCUT2D eigenvalue weighted by Crippen LogP contribution is 2.29. The van der Waals surface area contributed by atoms with Gasteiger partial charge < -0.3 is 15.5 Å². The van der Waals surface area contributed by atoms with E-state index >= 15 is 0 Å². The Kier molecular flexibility index (Phi) is 10.3. The first-order valence-corrected chi connectivity index (χ1v) is 12.9. The lowest BCUT2D eigenvalue weighted by Gasteiger charge is -2.24. The van der Waals surface area contributed by atoms with Crippen molar-refractivity contribution in [3.05, 3.63) is 54.1 Å². The fourth-order valence-electron chi connectivity index (χ4n) is 4.02. The van der Waals surface area contributed by atoms with E-state index in [2.05, 4.69) is 57.7 Å². The number of rotatable bonds is 12. The zero-order valence-electron chi connectivity index (χ0n) is 21.1. The van der Waals surface area contributed by atoms with Gasteiger partial charge in [-0.2, -0.15) is 17.8 Å². The predicted molar refractivity (Wildman–Crippen MR) is 144 cm³/mol. The third-order valence-corrected chi connectivity index (χ3v) is 6.24. The Morgan fingerprint density at radius 1 is 1.06 bits per heavy atom. The number of urea groups is 1. The molecule has 1 heterocycles. The summed E-state index contributed by atoms with van der Waals surface area (Å²) in [6.45, 7) is 7.82. The van der Waals surface area contributed by atoms with E-state index in [9.17, 15) is 9.59 Å². The van der Waals surface area contributed by atoms with Crippen LogP contribution >= 0.6 is 12.6 Å². The summed E-state index contributed by atoms with van der Waals surface area (Å²) in [6, 6.07) is 15.8. The van der Waals surface area contributed by atoms with Crippen molar-refractivity contribution < 1.29 is 9.59 Å². The third kappa shape index (κ3) is 7.55. The monoisotopic (exact) mass is 509 g/mol. The van der Waals surface area contributed by atoms with Crippen LogP contribution in [0.2, 0.25) is 0 Å². The Morgan fingerprint density at radius 2 is 1.78 bits per heavy atom. The number of hydrogen-bond donors (Lipinski definition) is 4. The topological polar surface area (TPSA) is 116 Å². The van der Waals surface area contributed by atoms with Gasteiger partial charge in [0.15, 0.2) is 0 Å². The van der Waals surface area contributed by atoms with E-state index in [1.165, 1.54) is 0 Å².